The van der Waals surface area contributed by atoms with Gasteiger partial charge in [-0.25, -0.2) is 0 Å². The van der Waals surface area contributed by atoms with Gasteiger partial charge in [-0.1, -0.05) is 23.9 Å². The molecule has 1 N–H and O–H groups in total. The van der Waals surface area contributed by atoms with Gasteiger partial charge in [0.25, 0.3) is 0 Å². The first-order chi connectivity index (χ1) is 9.77. The maximum absolute atomic E-state index is 12.4. The Morgan fingerprint density at radius 1 is 1.38 bits per heavy atom. The number of aliphatic imine (C=N–C) groups is 1. The van der Waals surface area contributed by atoms with Crippen molar-refractivity contribution in [1.29, 1.82) is 0 Å². The molecule has 21 heavy (non-hydrogen) atoms. The normalized spacial score (nSPS) is 22.0. The minimum atomic E-state index is -4.34. The molecule has 0 saturated carbocycles. The number of amides is 1. The zero-order valence-corrected chi connectivity index (χ0v) is 13.9. The molecule has 0 radical (unpaired) electrons. The lowest BCUT2D eigenvalue weighted by molar-refractivity contribution is -0.137. The van der Waals surface area contributed by atoms with Crippen LogP contribution in [0.15, 0.2) is 29.3 Å². The Bertz CT molecular complexity index is 560. The molecular formula is C13H12F3IN2OS. The molecule has 0 saturated heterocycles. The Balaban J connectivity index is 1.90. The van der Waals surface area contributed by atoms with Crippen LogP contribution in [0, 0.1) is 0 Å². The van der Waals surface area contributed by atoms with E-state index in [4.69, 9.17) is 0 Å². The third kappa shape index (κ3) is 4.35. The summed E-state index contributed by atoms with van der Waals surface area (Å²) < 4.78 is 38.1. The van der Waals surface area contributed by atoms with E-state index in [1.54, 1.807) is 0 Å². The summed E-state index contributed by atoms with van der Waals surface area (Å²) in [6.07, 6.45) is -4.34. The highest BCUT2D eigenvalue weighted by Gasteiger charge is 2.32. The number of rotatable bonds is 3. The molecule has 3 nitrogen and oxygen atoms in total. The van der Waals surface area contributed by atoms with Gasteiger partial charge in [-0.15, -0.1) is 0 Å². The summed E-state index contributed by atoms with van der Waals surface area (Å²) in [5.74, 6) is -0.150. The summed E-state index contributed by atoms with van der Waals surface area (Å²) in [6.45, 7) is 2.07. The van der Waals surface area contributed by atoms with Crippen molar-refractivity contribution in [2.24, 2.45) is 4.99 Å². The Morgan fingerprint density at radius 2 is 2.00 bits per heavy atom. The van der Waals surface area contributed by atoms with Gasteiger partial charge in [0.1, 0.15) is 8.30 Å². The predicted octanol–water partition coefficient (Wildman–Crippen LogP) is 3.62. The molecule has 1 aliphatic rings. The van der Waals surface area contributed by atoms with Crippen LogP contribution in [0.25, 0.3) is 0 Å². The van der Waals surface area contributed by atoms with Gasteiger partial charge in [0.05, 0.1) is 11.6 Å². The number of halogens is 4. The van der Waals surface area contributed by atoms with Crippen LogP contribution in [0.4, 0.5) is 13.2 Å². The molecule has 2 rings (SSSR count). The monoisotopic (exact) mass is 428 g/mol. The number of benzene rings is 1. The van der Waals surface area contributed by atoms with Gasteiger partial charge in [0.15, 0.2) is 0 Å². The molecule has 1 aliphatic heterocycles. The quantitative estimate of drug-likeness (QED) is 0.748. The average Bonchev–Trinajstić information content (AvgIpc) is 2.74. The van der Waals surface area contributed by atoms with E-state index < -0.39 is 11.7 Å². The molecule has 8 heteroatoms. The number of carbonyl (C=O) groups excluding carboxylic acids is 1. The van der Waals surface area contributed by atoms with Crippen LogP contribution in [0.2, 0.25) is 0 Å². The molecule has 0 fully saturated rings. The van der Waals surface area contributed by atoms with Crippen LogP contribution in [-0.2, 0) is 17.5 Å². The number of thioether (sulfide) groups is 1. The maximum Gasteiger partial charge on any atom is 0.416 e. The molecule has 0 aliphatic carbocycles. The van der Waals surface area contributed by atoms with Crippen molar-refractivity contribution in [1.82, 2.24) is 5.32 Å². The van der Waals surface area contributed by atoms with Gasteiger partial charge < -0.3 is 5.32 Å². The van der Waals surface area contributed by atoms with Gasteiger partial charge >= 0.3 is 6.18 Å². The van der Waals surface area contributed by atoms with Gasteiger partial charge in [-0.05, 0) is 47.2 Å². The maximum atomic E-state index is 12.4. The van der Waals surface area contributed by atoms with Crippen LogP contribution >= 0.6 is 34.4 Å². The number of alkyl halides is 3. The van der Waals surface area contributed by atoms with Crippen molar-refractivity contribution in [2.75, 3.05) is 0 Å². The smallest absolute Gasteiger partial charge is 0.351 e. The SMILES string of the molecule is CC1N=C(I)SC1C(=O)NCc1ccc(C(F)(F)F)cc1. The predicted molar refractivity (Wildman–Crippen MR) is 85.6 cm³/mol. The molecule has 0 bridgehead atoms. The lowest BCUT2D eigenvalue weighted by Crippen LogP contribution is -2.36. The zero-order valence-electron chi connectivity index (χ0n) is 10.9. The Morgan fingerprint density at radius 3 is 2.48 bits per heavy atom. The number of carbonyl (C=O) groups is 1. The minimum absolute atomic E-state index is 0.0884. The van der Waals surface area contributed by atoms with Crippen LogP contribution in [0.5, 0.6) is 0 Å². The van der Waals surface area contributed by atoms with Crippen molar-refractivity contribution in [3.8, 4) is 0 Å². The number of hydrogen-bond acceptors (Lipinski definition) is 3. The van der Waals surface area contributed by atoms with Crippen molar-refractivity contribution >= 4 is 43.3 Å². The topological polar surface area (TPSA) is 41.5 Å². The second-order valence-corrected chi connectivity index (χ2v) is 7.46. The molecular weight excluding hydrogens is 416 g/mol. The highest BCUT2D eigenvalue weighted by atomic mass is 127. The van der Waals surface area contributed by atoms with E-state index in [2.05, 4.69) is 32.9 Å². The summed E-state index contributed by atoms with van der Waals surface area (Å²) in [5.41, 5.74) is -0.0666. The first-order valence-electron chi connectivity index (χ1n) is 6.11. The first kappa shape index (κ1) is 16.6. The summed E-state index contributed by atoms with van der Waals surface area (Å²) in [5, 5.41) is 2.46. The standard InChI is InChI=1S/C13H12F3IN2OS/c1-7-10(21-12(17)19-7)11(20)18-6-8-2-4-9(5-3-8)13(14,15)16/h2-5,7,10H,6H2,1H3,(H,18,20). The number of nitrogens with zero attached hydrogens (tertiary/aromatic N) is 1. The average molecular weight is 428 g/mol. The van der Waals surface area contributed by atoms with Gasteiger partial charge in [0, 0.05) is 6.54 Å². The fourth-order valence-corrected chi connectivity index (χ4v) is 3.98. The minimum Gasteiger partial charge on any atom is -0.351 e. The van der Waals surface area contributed by atoms with E-state index in [9.17, 15) is 18.0 Å². The van der Waals surface area contributed by atoms with Gasteiger partial charge in [-0.2, -0.15) is 13.2 Å². The van der Waals surface area contributed by atoms with Crippen molar-refractivity contribution in [3.05, 3.63) is 35.4 Å². The Labute approximate surface area is 137 Å². The summed E-state index contributed by atoms with van der Waals surface area (Å²) >= 11 is 3.47. The van der Waals surface area contributed by atoms with Crippen molar-refractivity contribution < 1.29 is 18.0 Å². The van der Waals surface area contributed by atoms with Crippen LogP contribution in [0.1, 0.15) is 18.1 Å². The van der Waals surface area contributed by atoms with E-state index in [0.717, 1.165) is 15.2 Å². The molecule has 2 unspecified atom stereocenters. The van der Waals surface area contributed by atoms with Crippen LogP contribution in [-0.4, -0.2) is 20.2 Å². The van der Waals surface area contributed by atoms with Crippen LogP contribution < -0.4 is 5.32 Å². The lowest BCUT2D eigenvalue weighted by atomic mass is 10.1. The molecule has 0 spiro atoms. The molecule has 114 valence electrons. The first-order valence-corrected chi connectivity index (χ1v) is 8.07. The van der Waals surface area contributed by atoms with Crippen molar-refractivity contribution in [3.63, 3.8) is 0 Å². The molecule has 1 heterocycles. The molecule has 1 aromatic carbocycles. The fourth-order valence-electron chi connectivity index (χ4n) is 1.84. The van der Waals surface area contributed by atoms with Gasteiger partial charge in [-0.3, -0.25) is 9.79 Å². The van der Waals surface area contributed by atoms with E-state index >= 15 is 0 Å². The fraction of sp³-hybridized carbons (Fsp3) is 0.385. The number of nitrogens with one attached hydrogen (secondary N) is 1. The second-order valence-electron chi connectivity index (χ2n) is 4.57. The van der Waals surface area contributed by atoms with Crippen molar-refractivity contribution in [2.45, 2.75) is 30.9 Å². The van der Waals surface area contributed by atoms with Crippen LogP contribution in [0.3, 0.4) is 0 Å². The van der Waals surface area contributed by atoms with E-state index in [1.165, 1.54) is 23.9 Å². The second kappa shape index (κ2) is 6.55. The Kier molecular flexibility index (Phi) is 5.18. The summed E-state index contributed by atoms with van der Waals surface area (Å²) in [7, 11) is 0. The summed E-state index contributed by atoms with van der Waals surface area (Å²) in [6, 6.07) is 4.68. The molecule has 0 aromatic heterocycles. The Hall–Kier alpha value is -0.770. The number of hydrogen-bond donors (Lipinski definition) is 1. The highest BCUT2D eigenvalue weighted by Crippen LogP contribution is 2.30. The summed E-state index contributed by atoms with van der Waals surface area (Å²) in [4.78, 5) is 16.3. The van der Waals surface area contributed by atoms with E-state index in [-0.39, 0.29) is 23.7 Å². The molecule has 1 amide bonds. The third-order valence-electron chi connectivity index (χ3n) is 2.97. The van der Waals surface area contributed by atoms with Gasteiger partial charge in [0.2, 0.25) is 5.91 Å². The zero-order chi connectivity index (χ0) is 15.6. The van der Waals surface area contributed by atoms with E-state index in [1.807, 2.05) is 6.92 Å². The largest absolute Gasteiger partial charge is 0.416 e. The third-order valence-corrected chi connectivity index (χ3v) is 5.18. The van der Waals surface area contributed by atoms with E-state index in [0.29, 0.717) is 5.56 Å². The highest BCUT2D eigenvalue weighted by molar-refractivity contribution is 14.1. The molecule has 2 atom stereocenters. The molecule has 1 aromatic rings. The lowest BCUT2D eigenvalue weighted by Gasteiger charge is -2.13.